The molecule has 1 atom stereocenters. The lowest BCUT2D eigenvalue weighted by molar-refractivity contribution is -0.111. The van der Waals surface area contributed by atoms with Crippen molar-refractivity contribution in [3.63, 3.8) is 0 Å². The summed E-state index contributed by atoms with van der Waals surface area (Å²) in [7, 11) is 2.37. The van der Waals surface area contributed by atoms with E-state index in [0.717, 1.165) is 12.0 Å². The van der Waals surface area contributed by atoms with Gasteiger partial charge in [-0.05, 0) is 38.1 Å². The first-order chi connectivity index (χ1) is 8.84. The standard InChI is InChI=1S/C11H15ClNO2P.C2H6O/c1-11(2,8-14)13-16(3)15-10-6-4-9(12)5-7-10;1-3-2/h4-8,13H,1-3H3;1-2H3. The molecule has 4 nitrogen and oxygen atoms in total. The molecule has 0 spiro atoms. The smallest absolute Gasteiger partial charge is 0.158 e. The van der Waals surface area contributed by atoms with Gasteiger partial charge in [0.25, 0.3) is 0 Å². The van der Waals surface area contributed by atoms with E-state index in [-0.39, 0.29) is 0 Å². The summed E-state index contributed by atoms with van der Waals surface area (Å²) < 4.78 is 9.89. The summed E-state index contributed by atoms with van der Waals surface area (Å²) in [5.74, 6) is 0.743. The minimum atomic E-state index is -0.885. The fourth-order valence-corrected chi connectivity index (χ4v) is 2.58. The molecule has 1 aromatic carbocycles. The predicted octanol–water partition coefficient (Wildman–Crippen LogP) is 3.49. The van der Waals surface area contributed by atoms with Crippen LogP contribution in [0.1, 0.15) is 13.8 Å². The van der Waals surface area contributed by atoms with E-state index in [0.29, 0.717) is 5.02 Å². The lowest BCUT2D eigenvalue weighted by Gasteiger charge is -2.24. The number of methoxy groups -OCH3 is 1. The van der Waals surface area contributed by atoms with Crippen molar-refractivity contribution in [2.75, 3.05) is 20.9 Å². The van der Waals surface area contributed by atoms with Crippen LogP contribution in [0.25, 0.3) is 0 Å². The van der Waals surface area contributed by atoms with Crippen LogP contribution in [-0.2, 0) is 9.53 Å². The molecule has 0 radical (unpaired) electrons. The first kappa shape index (κ1) is 18.3. The van der Waals surface area contributed by atoms with Crippen LogP contribution in [0.4, 0.5) is 0 Å². The highest BCUT2D eigenvalue weighted by molar-refractivity contribution is 7.50. The molecular weight excluding hydrogens is 285 g/mol. The zero-order valence-corrected chi connectivity index (χ0v) is 13.6. The fourth-order valence-electron chi connectivity index (χ4n) is 1.11. The van der Waals surface area contributed by atoms with Gasteiger partial charge in [0.05, 0.1) is 5.54 Å². The third-order valence-electron chi connectivity index (χ3n) is 1.80. The Labute approximate surface area is 121 Å². The number of carbonyl (C=O) groups excluding carboxylic acids is 1. The fraction of sp³-hybridized carbons (Fsp3) is 0.462. The number of halogens is 1. The van der Waals surface area contributed by atoms with Crippen molar-refractivity contribution in [1.29, 1.82) is 0 Å². The number of aldehydes is 1. The predicted molar refractivity (Wildman–Crippen MR) is 81.1 cm³/mol. The highest BCUT2D eigenvalue weighted by atomic mass is 35.5. The molecule has 0 saturated heterocycles. The quantitative estimate of drug-likeness (QED) is 0.668. The van der Waals surface area contributed by atoms with Crippen LogP contribution < -0.4 is 9.61 Å². The maximum Gasteiger partial charge on any atom is 0.158 e. The van der Waals surface area contributed by atoms with Crippen LogP contribution in [0.2, 0.25) is 5.02 Å². The normalized spacial score (nSPS) is 12.1. The van der Waals surface area contributed by atoms with E-state index in [1.54, 1.807) is 38.5 Å². The van der Waals surface area contributed by atoms with Crippen LogP contribution in [0.3, 0.4) is 0 Å². The zero-order valence-electron chi connectivity index (χ0n) is 11.9. The van der Waals surface area contributed by atoms with Crippen LogP contribution >= 0.6 is 19.9 Å². The van der Waals surface area contributed by atoms with Crippen LogP contribution in [0, 0.1) is 0 Å². The van der Waals surface area contributed by atoms with Gasteiger partial charge in [0.2, 0.25) is 0 Å². The second-order valence-electron chi connectivity index (χ2n) is 4.40. The van der Waals surface area contributed by atoms with Crippen molar-refractivity contribution >= 4 is 26.2 Å². The summed E-state index contributed by atoms with van der Waals surface area (Å²) in [4.78, 5) is 10.7. The Bertz CT molecular complexity index is 371. The third kappa shape index (κ3) is 8.95. The number of rotatable bonds is 5. The molecule has 1 aromatic rings. The van der Waals surface area contributed by atoms with Gasteiger partial charge >= 0.3 is 0 Å². The minimum absolute atomic E-state index is 0.563. The Morgan fingerprint density at radius 2 is 1.74 bits per heavy atom. The van der Waals surface area contributed by atoms with E-state index < -0.39 is 13.8 Å². The van der Waals surface area contributed by atoms with E-state index in [9.17, 15) is 4.79 Å². The van der Waals surface area contributed by atoms with Gasteiger partial charge in [-0.25, -0.2) is 0 Å². The van der Waals surface area contributed by atoms with Crippen LogP contribution in [0.15, 0.2) is 24.3 Å². The molecule has 0 saturated carbocycles. The van der Waals surface area contributed by atoms with E-state index in [2.05, 4.69) is 9.82 Å². The van der Waals surface area contributed by atoms with Gasteiger partial charge in [0, 0.05) is 25.9 Å². The number of nitrogens with one attached hydrogen (secondary N) is 1. The second kappa shape index (κ2) is 9.27. The molecule has 0 aliphatic carbocycles. The molecule has 108 valence electrons. The van der Waals surface area contributed by atoms with Gasteiger partial charge in [0.15, 0.2) is 8.30 Å². The largest absolute Gasteiger partial charge is 0.458 e. The molecule has 0 fully saturated rings. The van der Waals surface area contributed by atoms with Crippen LogP contribution in [0.5, 0.6) is 5.75 Å². The average Bonchev–Trinajstić information content (AvgIpc) is 2.32. The van der Waals surface area contributed by atoms with Crippen molar-refractivity contribution in [2.45, 2.75) is 19.4 Å². The summed E-state index contributed by atoms with van der Waals surface area (Å²) in [6.07, 6.45) is 0.872. The average molecular weight is 306 g/mol. The summed E-state index contributed by atoms with van der Waals surface area (Å²) in [5.41, 5.74) is -0.563. The lowest BCUT2D eigenvalue weighted by Crippen LogP contribution is -2.37. The molecular formula is C13H21ClNO3P. The summed E-state index contributed by atoms with van der Waals surface area (Å²) in [6, 6.07) is 7.14. The molecule has 1 rings (SSSR count). The number of carbonyl (C=O) groups is 1. The van der Waals surface area contributed by atoms with Crippen molar-refractivity contribution in [2.24, 2.45) is 0 Å². The Kier molecular flexibility index (Phi) is 8.94. The summed E-state index contributed by atoms with van der Waals surface area (Å²) >= 11 is 5.76. The SMILES string of the molecule is COC.CP(NC(C)(C)C=O)Oc1ccc(Cl)cc1. The maximum absolute atomic E-state index is 10.7. The summed E-state index contributed by atoms with van der Waals surface area (Å²) in [6.45, 7) is 5.53. The molecule has 6 heteroatoms. The monoisotopic (exact) mass is 305 g/mol. The topological polar surface area (TPSA) is 47.6 Å². The number of ether oxygens (including phenoxy) is 1. The first-order valence-corrected chi connectivity index (χ1v) is 7.74. The Morgan fingerprint density at radius 1 is 1.26 bits per heavy atom. The molecule has 0 aliphatic rings. The molecule has 0 heterocycles. The molecule has 0 aliphatic heterocycles. The van der Waals surface area contributed by atoms with Crippen molar-refractivity contribution in [3.8, 4) is 5.75 Å². The third-order valence-corrected chi connectivity index (χ3v) is 3.42. The van der Waals surface area contributed by atoms with Crippen molar-refractivity contribution < 1.29 is 14.1 Å². The number of hydrogen-bond donors (Lipinski definition) is 1. The molecule has 1 unspecified atom stereocenters. The van der Waals surface area contributed by atoms with Gasteiger partial charge < -0.3 is 14.1 Å². The van der Waals surface area contributed by atoms with Gasteiger partial charge in [-0.15, -0.1) is 0 Å². The first-order valence-electron chi connectivity index (χ1n) is 5.66. The zero-order chi connectivity index (χ0) is 14.9. The van der Waals surface area contributed by atoms with Gasteiger partial charge in [0.1, 0.15) is 12.0 Å². The van der Waals surface area contributed by atoms with Gasteiger partial charge in [-0.2, -0.15) is 0 Å². The van der Waals surface area contributed by atoms with Crippen molar-refractivity contribution in [1.82, 2.24) is 5.09 Å². The molecule has 1 N–H and O–H groups in total. The molecule has 0 bridgehead atoms. The lowest BCUT2D eigenvalue weighted by atomic mass is 10.1. The molecule has 0 amide bonds. The Morgan fingerprint density at radius 3 is 2.16 bits per heavy atom. The minimum Gasteiger partial charge on any atom is -0.458 e. The van der Waals surface area contributed by atoms with Crippen molar-refractivity contribution in [3.05, 3.63) is 29.3 Å². The summed E-state index contributed by atoms with van der Waals surface area (Å²) in [5, 5.41) is 3.79. The molecule has 0 aromatic heterocycles. The van der Waals surface area contributed by atoms with Gasteiger partial charge in [-0.1, -0.05) is 11.6 Å². The van der Waals surface area contributed by atoms with E-state index >= 15 is 0 Å². The van der Waals surface area contributed by atoms with E-state index in [1.807, 2.05) is 20.5 Å². The highest BCUT2D eigenvalue weighted by Crippen LogP contribution is 2.32. The molecule has 19 heavy (non-hydrogen) atoms. The van der Waals surface area contributed by atoms with Gasteiger partial charge in [-0.3, -0.25) is 5.09 Å². The Hall–Kier alpha value is -0.670. The maximum atomic E-state index is 10.7. The second-order valence-corrected chi connectivity index (χ2v) is 6.24. The highest BCUT2D eigenvalue weighted by Gasteiger charge is 2.20. The van der Waals surface area contributed by atoms with Crippen LogP contribution in [-0.4, -0.2) is 32.7 Å². The van der Waals surface area contributed by atoms with E-state index in [4.69, 9.17) is 16.1 Å². The number of benzene rings is 1. The Balaban J connectivity index is 0.000000982. The number of hydrogen-bond acceptors (Lipinski definition) is 4. The van der Waals surface area contributed by atoms with E-state index in [1.165, 1.54) is 0 Å².